The Hall–Kier alpha value is -0.0400. The van der Waals surface area contributed by atoms with Gasteiger partial charge in [0.25, 0.3) is 0 Å². The Kier molecular flexibility index (Phi) is 3.78. The first-order valence-corrected chi connectivity index (χ1v) is 5.81. The van der Waals surface area contributed by atoms with E-state index in [1.165, 1.54) is 25.7 Å². The Morgan fingerprint density at radius 2 is 2.08 bits per heavy atom. The minimum atomic E-state index is -0.331. The third-order valence-electron chi connectivity index (χ3n) is 3.71. The van der Waals surface area contributed by atoms with Crippen LogP contribution in [0.2, 0.25) is 0 Å². The molecule has 1 aliphatic rings. The van der Waals surface area contributed by atoms with Gasteiger partial charge in [0.2, 0.25) is 0 Å². The second-order valence-corrected chi connectivity index (χ2v) is 4.99. The number of rotatable bonds is 3. The third-order valence-corrected chi connectivity index (χ3v) is 3.71. The van der Waals surface area contributed by atoms with Crippen LogP contribution in [0.5, 0.6) is 0 Å². The van der Waals surface area contributed by atoms with Crippen LogP contribution in [-0.4, -0.2) is 10.7 Å². The lowest BCUT2D eigenvalue weighted by Gasteiger charge is -2.40. The van der Waals surface area contributed by atoms with Crippen molar-refractivity contribution in [3.05, 3.63) is 0 Å². The van der Waals surface area contributed by atoms with Crippen molar-refractivity contribution in [3.63, 3.8) is 0 Å². The molecule has 0 aromatic carbocycles. The highest BCUT2D eigenvalue weighted by Gasteiger charge is 2.37. The van der Waals surface area contributed by atoms with Crippen molar-refractivity contribution >= 4 is 0 Å². The quantitative estimate of drug-likeness (QED) is 0.713. The van der Waals surface area contributed by atoms with Gasteiger partial charge < -0.3 is 5.11 Å². The lowest BCUT2D eigenvalue weighted by Crippen LogP contribution is -2.41. The van der Waals surface area contributed by atoms with E-state index >= 15 is 0 Å². The highest BCUT2D eigenvalue weighted by Crippen LogP contribution is 2.39. The molecule has 1 aliphatic carbocycles. The van der Waals surface area contributed by atoms with Crippen LogP contribution in [0, 0.1) is 11.8 Å². The average molecular weight is 184 g/mol. The van der Waals surface area contributed by atoms with Crippen LogP contribution in [0.25, 0.3) is 0 Å². The van der Waals surface area contributed by atoms with Gasteiger partial charge in [-0.25, -0.2) is 0 Å². The molecule has 0 radical (unpaired) electrons. The Balaban J connectivity index is 2.46. The fraction of sp³-hybridized carbons (Fsp3) is 1.00. The second kappa shape index (κ2) is 4.45. The van der Waals surface area contributed by atoms with Gasteiger partial charge in [0.05, 0.1) is 5.60 Å². The minimum absolute atomic E-state index is 0.331. The van der Waals surface area contributed by atoms with Crippen LogP contribution < -0.4 is 0 Å². The Bertz CT molecular complexity index is 151. The van der Waals surface area contributed by atoms with Crippen molar-refractivity contribution in [3.8, 4) is 0 Å². The van der Waals surface area contributed by atoms with Crippen LogP contribution in [0.1, 0.15) is 59.3 Å². The molecule has 1 N–H and O–H groups in total. The van der Waals surface area contributed by atoms with Gasteiger partial charge in [0, 0.05) is 0 Å². The average Bonchev–Trinajstić information content (AvgIpc) is 2.09. The molecule has 1 fully saturated rings. The van der Waals surface area contributed by atoms with Gasteiger partial charge in [-0.3, -0.25) is 0 Å². The third kappa shape index (κ3) is 2.70. The lowest BCUT2D eigenvalue weighted by molar-refractivity contribution is -0.0604. The topological polar surface area (TPSA) is 20.2 Å². The fourth-order valence-corrected chi connectivity index (χ4v) is 2.54. The second-order valence-electron chi connectivity index (χ2n) is 4.99. The van der Waals surface area contributed by atoms with Crippen LogP contribution in [0.3, 0.4) is 0 Å². The molecule has 1 nitrogen and oxygen atoms in total. The summed E-state index contributed by atoms with van der Waals surface area (Å²) in [7, 11) is 0. The highest BCUT2D eigenvalue weighted by molar-refractivity contribution is 4.89. The number of aliphatic hydroxyl groups is 1. The summed E-state index contributed by atoms with van der Waals surface area (Å²) >= 11 is 0. The molecule has 1 rings (SSSR count). The van der Waals surface area contributed by atoms with Crippen molar-refractivity contribution in [1.82, 2.24) is 0 Å². The monoisotopic (exact) mass is 184 g/mol. The lowest BCUT2D eigenvalue weighted by atomic mass is 9.70. The standard InChI is InChI=1S/C12H24O/c1-4-5-7-12(13)8-6-10(2)9-11(12)3/h10-11,13H,4-9H2,1-3H3. The first-order valence-electron chi connectivity index (χ1n) is 5.81. The van der Waals surface area contributed by atoms with Crippen LogP contribution >= 0.6 is 0 Å². The molecule has 0 bridgehead atoms. The predicted molar refractivity (Wildman–Crippen MR) is 56.7 cm³/mol. The number of unbranched alkanes of at least 4 members (excludes halogenated alkanes) is 1. The van der Waals surface area contributed by atoms with E-state index in [0.717, 1.165) is 18.8 Å². The smallest absolute Gasteiger partial charge is 0.0673 e. The molecule has 3 unspecified atom stereocenters. The maximum absolute atomic E-state index is 10.4. The van der Waals surface area contributed by atoms with Gasteiger partial charge in [-0.15, -0.1) is 0 Å². The molecule has 13 heavy (non-hydrogen) atoms. The van der Waals surface area contributed by atoms with E-state index in [0.29, 0.717) is 5.92 Å². The molecular formula is C12H24O. The number of hydrogen-bond acceptors (Lipinski definition) is 1. The van der Waals surface area contributed by atoms with Crippen LogP contribution in [0.15, 0.2) is 0 Å². The molecule has 1 heteroatoms. The summed E-state index contributed by atoms with van der Waals surface area (Å²) in [5, 5.41) is 10.4. The zero-order valence-electron chi connectivity index (χ0n) is 9.34. The normalized spacial score (nSPS) is 40.6. The predicted octanol–water partition coefficient (Wildman–Crippen LogP) is 3.36. The van der Waals surface area contributed by atoms with Crippen molar-refractivity contribution in [2.24, 2.45) is 11.8 Å². The van der Waals surface area contributed by atoms with Gasteiger partial charge in [0.15, 0.2) is 0 Å². The van der Waals surface area contributed by atoms with Crippen LogP contribution in [0.4, 0.5) is 0 Å². The van der Waals surface area contributed by atoms with Gasteiger partial charge >= 0.3 is 0 Å². The molecule has 0 saturated heterocycles. The van der Waals surface area contributed by atoms with Gasteiger partial charge in [-0.1, -0.05) is 33.6 Å². The maximum atomic E-state index is 10.4. The Labute approximate surface area is 82.5 Å². The SMILES string of the molecule is CCCCC1(O)CCC(C)CC1C. The molecule has 1 saturated carbocycles. The molecule has 3 atom stereocenters. The van der Waals surface area contributed by atoms with E-state index in [-0.39, 0.29) is 5.60 Å². The van der Waals surface area contributed by atoms with E-state index in [2.05, 4.69) is 20.8 Å². The molecule has 0 aliphatic heterocycles. The molecular weight excluding hydrogens is 160 g/mol. The van der Waals surface area contributed by atoms with Crippen molar-refractivity contribution in [1.29, 1.82) is 0 Å². The maximum Gasteiger partial charge on any atom is 0.0673 e. The Morgan fingerprint density at radius 1 is 1.38 bits per heavy atom. The van der Waals surface area contributed by atoms with E-state index in [1.807, 2.05) is 0 Å². The summed E-state index contributed by atoms with van der Waals surface area (Å²) in [5.74, 6) is 1.32. The molecule has 0 heterocycles. The van der Waals surface area contributed by atoms with Gasteiger partial charge in [-0.05, 0) is 37.5 Å². The van der Waals surface area contributed by atoms with Crippen LogP contribution in [-0.2, 0) is 0 Å². The van der Waals surface area contributed by atoms with Crippen molar-refractivity contribution in [2.45, 2.75) is 64.9 Å². The molecule has 0 aromatic rings. The fourth-order valence-electron chi connectivity index (χ4n) is 2.54. The summed E-state index contributed by atoms with van der Waals surface area (Å²) in [6.07, 6.45) is 6.83. The van der Waals surface area contributed by atoms with Gasteiger partial charge in [-0.2, -0.15) is 0 Å². The summed E-state index contributed by atoms with van der Waals surface area (Å²) < 4.78 is 0. The van der Waals surface area contributed by atoms with E-state index in [4.69, 9.17) is 0 Å². The number of hydrogen-bond donors (Lipinski definition) is 1. The molecule has 78 valence electrons. The highest BCUT2D eigenvalue weighted by atomic mass is 16.3. The first kappa shape index (κ1) is 11.0. The zero-order valence-corrected chi connectivity index (χ0v) is 9.34. The van der Waals surface area contributed by atoms with E-state index in [1.54, 1.807) is 0 Å². The van der Waals surface area contributed by atoms with Gasteiger partial charge in [0.1, 0.15) is 0 Å². The molecule has 0 spiro atoms. The van der Waals surface area contributed by atoms with Crippen molar-refractivity contribution in [2.75, 3.05) is 0 Å². The zero-order chi connectivity index (χ0) is 9.90. The van der Waals surface area contributed by atoms with E-state index in [9.17, 15) is 5.11 Å². The first-order chi connectivity index (χ1) is 6.08. The molecule has 0 aromatic heterocycles. The largest absolute Gasteiger partial charge is 0.390 e. The summed E-state index contributed by atoms with van der Waals surface area (Å²) in [4.78, 5) is 0. The molecule has 0 amide bonds. The summed E-state index contributed by atoms with van der Waals surface area (Å²) in [5.41, 5.74) is -0.331. The van der Waals surface area contributed by atoms with Crippen molar-refractivity contribution < 1.29 is 5.11 Å². The Morgan fingerprint density at radius 3 is 2.62 bits per heavy atom. The van der Waals surface area contributed by atoms with E-state index < -0.39 is 0 Å². The summed E-state index contributed by atoms with van der Waals surface area (Å²) in [6, 6.07) is 0. The summed E-state index contributed by atoms with van der Waals surface area (Å²) in [6.45, 7) is 6.71. The minimum Gasteiger partial charge on any atom is -0.390 e.